The van der Waals surface area contributed by atoms with Gasteiger partial charge in [-0.3, -0.25) is 4.79 Å². The van der Waals surface area contributed by atoms with Gasteiger partial charge >= 0.3 is 0 Å². The van der Waals surface area contributed by atoms with E-state index in [1.807, 2.05) is 30.3 Å². The molecule has 0 saturated heterocycles. The molecule has 0 aliphatic heterocycles. The van der Waals surface area contributed by atoms with Gasteiger partial charge in [-0.05, 0) is 65.8 Å². The molecule has 136 valence electrons. The first-order chi connectivity index (χ1) is 13.3. The number of carbonyl (C=O) groups excluding carboxylic acids is 1. The Hall–Kier alpha value is -2.61. The lowest BCUT2D eigenvalue weighted by atomic mass is 9.76. The first kappa shape index (κ1) is 16.6. The molecule has 2 heteroatoms. The Balaban J connectivity index is 1.25. The second kappa shape index (κ2) is 6.53. The predicted molar refractivity (Wildman–Crippen MR) is 110 cm³/mol. The van der Waals surface area contributed by atoms with Crippen LogP contribution in [0.25, 0.3) is 10.8 Å². The number of nitrogens with one attached hydrogen (secondary N) is 1. The number of rotatable bonds is 3. The average molecular weight is 355 g/mol. The van der Waals surface area contributed by atoms with E-state index in [1.165, 1.54) is 31.2 Å². The molecular formula is C25H25NO. The van der Waals surface area contributed by atoms with Crippen LogP contribution < -0.4 is 5.32 Å². The van der Waals surface area contributed by atoms with Crippen molar-refractivity contribution in [3.05, 3.63) is 83.9 Å². The zero-order valence-electron chi connectivity index (χ0n) is 15.5. The van der Waals surface area contributed by atoms with Crippen molar-refractivity contribution < 1.29 is 4.79 Å². The van der Waals surface area contributed by atoms with Gasteiger partial charge in [-0.1, -0.05) is 66.7 Å². The molecule has 2 fully saturated rings. The third-order valence-electron chi connectivity index (χ3n) is 6.78. The van der Waals surface area contributed by atoms with Crippen molar-refractivity contribution in [2.24, 2.45) is 5.41 Å². The van der Waals surface area contributed by atoms with E-state index in [0.717, 1.165) is 22.8 Å². The molecule has 0 aromatic heterocycles. The first-order valence-corrected chi connectivity index (χ1v) is 10.1. The Morgan fingerprint density at radius 3 is 2.37 bits per heavy atom. The minimum atomic E-state index is 0.0823. The monoisotopic (exact) mass is 355 g/mol. The third-order valence-corrected chi connectivity index (χ3v) is 6.78. The molecule has 0 radical (unpaired) electrons. The highest BCUT2D eigenvalue weighted by atomic mass is 16.1. The van der Waals surface area contributed by atoms with Gasteiger partial charge in [-0.15, -0.1) is 0 Å². The molecule has 3 aromatic rings. The van der Waals surface area contributed by atoms with Crippen molar-refractivity contribution in [3.8, 4) is 0 Å². The molecule has 2 saturated carbocycles. The number of amides is 1. The molecule has 2 nitrogen and oxygen atoms in total. The molecule has 1 spiro atoms. The lowest BCUT2D eigenvalue weighted by Gasteiger charge is -2.30. The predicted octanol–water partition coefficient (Wildman–Crippen LogP) is 5.69. The van der Waals surface area contributed by atoms with Gasteiger partial charge in [0.1, 0.15) is 0 Å². The van der Waals surface area contributed by atoms with Crippen LogP contribution in [0.3, 0.4) is 0 Å². The molecule has 1 N–H and O–H groups in total. The van der Waals surface area contributed by atoms with Crippen LogP contribution in [-0.4, -0.2) is 11.9 Å². The summed E-state index contributed by atoms with van der Waals surface area (Å²) in [6.45, 7) is 0. The fraction of sp³-hybridized carbons (Fsp3) is 0.320. The van der Waals surface area contributed by atoms with Crippen molar-refractivity contribution >= 4 is 16.7 Å². The lowest BCUT2D eigenvalue weighted by molar-refractivity contribution is 0.0943. The van der Waals surface area contributed by atoms with Crippen molar-refractivity contribution in [1.82, 2.24) is 5.32 Å². The molecule has 0 bridgehead atoms. The average Bonchev–Trinajstić information content (AvgIpc) is 3.39. The molecule has 5 rings (SSSR count). The summed E-state index contributed by atoms with van der Waals surface area (Å²) in [4.78, 5) is 12.9. The fourth-order valence-corrected chi connectivity index (χ4v) is 5.01. The van der Waals surface area contributed by atoms with E-state index < -0.39 is 0 Å². The van der Waals surface area contributed by atoms with Gasteiger partial charge < -0.3 is 5.32 Å². The molecule has 1 atom stereocenters. The van der Waals surface area contributed by atoms with Crippen molar-refractivity contribution in [1.29, 1.82) is 0 Å². The Kier molecular flexibility index (Phi) is 4.00. The van der Waals surface area contributed by atoms with Crippen LogP contribution in [0.1, 0.15) is 53.9 Å². The second-order valence-electron chi connectivity index (χ2n) is 8.30. The van der Waals surface area contributed by atoms with Crippen molar-refractivity contribution in [3.63, 3.8) is 0 Å². The lowest BCUT2D eigenvalue weighted by Crippen LogP contribution is -2.31. The normalized spacial score (nSPS) is 26.8. The van der Waals surface area contributed by atoms with Gasteiger partial charge in [-0.25, -0.2) is 0 Å². The van der Waals surface area contributed by atoms with Gasteiger partial charge in [0, 0.05) is 11.6 Å². The van der Waals surface area contributed by atoms with Crippen LogP contribution >= 0.6 is 0 Å². The molecule has 1 amide bonds. The highest BCUT2D eigenvalue weighted by molar-refractivity contribution is 6.07. The van der Waals surface area contributed by atoms with Gasteiger partial charge in [0.2, 0.25) is 0 Å². The summed E-state index contributed by atoms with van der Waals surface area (Å²) in [7, 11) is 0. The molecule has 27 heavy (non-hydrogen) atoms. The Morgan fingerprint density at radius 1 is 0.852 bits per heavy atom. The highest BCUT2D eigenvalue weighted by Crippen LogP contribution is 2.58. The smallest absolute Gasteiger partial charge is 0.252 e. The maximum atomic E-state index is 12.9. The summed E-state index contributed by atoms with van der Waals surface area (Å²) in [5.41, 5.74) is 2.63. The quantitative estimate of drug-likeness (QED) is 0.643. The fourth-order valence-electron chi connectivity index (χ4n) is 5.01. The van der Waals surface area contributed by atoms with Gasteiger partial charge in [-0.2, -0.15) is 0 Å². The van der Waals surface area contributed by atoms with E-state index in [0.29, 0.717) is 17.4 Å². The van der Waals surface area contributed by atoms with Gasteiger partial charge in [0.15, 0.2) is 0 Å². The molecule has 0 heterocycles. The summed E-state index contributed by atoms with van der Waals surface area (Å²) in [5, 5.41) is 5.50. The Morgan fingerprint density at radius 2 is 1.56 bits per heavy atom. The van der Waals surface area contributed by atoms with Crippen LogP contribution in [0.15, 0.2) is 72.8 Å². The molecule has 2 aliphatic rings. The zero-order valence-corrected chi connectivity index (χ0v) is 15.5. The topological polar surface area (TPSA) is 29.1 Å². The maximum Gasteiger partial charge on any atom is 0.252 e. The highest BCUT2D eigenvalue weighted by Gasteiger charge is 2.55. The Labute approximate surface area is 160 Å². The molecule has 2 aliphatic carbocycles. The van der Waals surface area contributed by atoms with E-state index in [1.54, 1.807) is 0 Å². The first-order valence-electron chi connectivity index (χ1n) is 10.1. The standard InChI is InChI=1S/C25H25NO/c27-24(22-12-6-10-20-9-4-5-11-21(20)22)26-23-17-25(23)15-13-19(14-16-25)18-7-2-1-3-8-18/h1-12,19,23H,13-17H2,(H,26,27). The number of fused-ring (bicyclic) bond motifs is 1. The van der Waals surface area contributed by atoms with Crippen molar-refractivity contribution in [2.45, 2.75) is 44.1 Å². The van der Waals surface area contributed by atoms with Crippen LogP contribution in [-0.2, 0) is 0 Å². The minimum Gasteiger partial charge on any atom is -0.349 e. The largest absolute Gasteiger partial charge is 0.349 e. The number of carbonyl (C=O) groups is 1. The van der Waals surface area contributed by atoms with Crippen molar-refractivity contribution in [2.75, 3.05) is 0 Å². The van der Waals surface area contributed by atoms with E-state index in [2.05, 4.69) is 47.8 Å². The van der Waals surface area contributed by atoms with E-state index in [4.69, 9.17) is 0 Å². The van der Waals surface area contributed by atoms with Crippen LogP contribution in [0.4, 0.5) is 0 Å². The number of benzene rings is 3. The van der Waals surface area contributed by atoms with E-state index in [9.17, 15) is 4.79 Å². The third kappa shape index (κ3) is 3.03. The minimum absolute atomic E-state index is 0.0823. The van der Waals surface area contributed by atoms with Crippen LogP contribution in [0, 0.1) is 5.41 Å². The summed E-state index contributed by atoms with van der Waals surface area (Å²) in [5.74, 6) is 0.769. The molecule has 1 unspecified atom stereocenters. The van der Waals surface area contributed by atoms with E-state index in [-0.39, 0.29) is 5.91 Å². The Bertz CT molecular complexity index is 965. The van der Waals surface area contributed by atoms with Gasteiger partial charge in [0.25, 0.3) is 5.91 Å². The molecule has 3 aromatic carbocycles. The van der Waals surface area contributed by atoms with E-state index >= 15 is 0 Å². The molecular weight excluding hydrogens is 330 g/mol. The summed E-state index contributed by atoms with van der Waals surface area (Å²) >= 11 is 0. The maximum absolute atomic E-state index is 12.9. The van der Waals surface area contributed by atoms with Gasteiger partial charge in [0.05, 0.1) is 0 Å². The van der Waals surface area contributed by atoms with Crippen LogP contribution in [0.2, 0.25) is 0 Å². The second-order valence-corrected chi connectivity index (χ2v) is 8.30. The number of hydrogen-bond acceptors (Lipinski definition) is 1. The summed E-state index contributed by atoms with van der Waals surface area (Å²) in [6, 6.07) is 25.4. The summed E-state index contributed by atoms with van der Waals surface area (Å²) in [6.07, 6.45) is 6.08. The van der Waals surface area contributed by atoms with Crippen LogP contribution in [0.5, 0.6) is 0 Å². The summed E-state index contributed by atoms with van der Waals surface area (Å²) < 4.78 is 0. The zero-order chi connectivity index (χ0) is 18.3. The number of hydrogen-bond donors (Lipinski definition) is 1. The SMILES string of the molecule is O=C(NC1CC12CCC(c1ccccc1)CC2)c1cccc2ccccc12.